The second kappa shape index (κ2) is 12.1. The number of pyridine rings is 1. The van der Waals surface area contributed by atoms with Crippen LogP contribution in [0.4, 0.5) is 10.2 Å². The molecular weight excluding hydrogens is 495 g/mol. The molecule has 1 saturated heterocycles. The number of amides is 1. The third-order valence-electron chi connectivity index (χ3n) is 6.93. The van der Waals surface area contributed by atoms with Crippen molar-refractivity contribution in [1.29, 1.82) is 0 Å². The lowest BCUT2D eigenvalue weighted by Crippen LogP contribution is -2.44. The van der Waals surface area contributed by atoms with Gasteiger partial charge in [0.1, 0.15) is 17.4 Å². The number of aromatic nitrogens is 3. The smallest absolute Gasteiger partial charge is 0.220 e. The molecule has 0 atom stereocenters. The molecule has 0 aliphatic carbocycles. The van der Waals surface area contributed by atoms with Crippen molar-refractivity contribution in [3.63, 3.8) is 0 Å². The number of aryl methyl sites for hydroxylation is 1. The summed E-state index contributed by atoms with van der Waals surface area (Å²) in [5, 5.41) is 7.78. The van der Waals surface area contributed by atoms with Crippen molar-refractivity contribution in [2.75, 3.05) is 45.2 Å². The van der Waals surface area contributed by atoms with E-state index in [9.17, 15) is 9.18 Å². The van der Waals surface area contributed by atoms with Gasteiger partial charge in [0.25, 0.3) is 0 Å². The van der Waals surface area contributed by atoms with Crippen molar-refractivity contribution in [2.24, 2.45) is 0 Å². The van der Waals surface area contributed by atoms with Gasteiger partial charge in [-0.05, 0) is 67.2 Å². The van der Waals surface area contributed by atoms with E-state index < -0.39 is 0 Å². The normalized spacial score (nSPS) is 13.9. The number of hydrogen-bond donors (Lipinski definition) is 1. The fourth-order valence-corrected chi connectivity index (χ4v) is 4.64. The maximum atomic E-state index is 14.0. The molecule has 9 heteroatoms. The van der Waals surface area contributed by atoms with E-state index in [0.29, 0.717) is 24.9 Å². The van der Waals surface area contributed by atoms with Crippen molar-refractivity contribution in [3.05, 3.63) is 90.0 Å². The summed E-state index contributed by atoms with van der Waals surface area (Å²) in [7, 11) is 3.74. The summed E-state index contributed by atoms with van der Waals surface area (Å²) in [6, 6.07) is 19.8. The Morgan fingerprint density at radius 1 is 1.03 bits per heavy atom. The SMILES string of the molecule is COc1ccc(-n2nc(CCC(=O)NCc3ccnc(N4CCN(C)CC4)c3)cc2-c2cccc(F)c2)cc1. The second-order valence-corrected chi connectivity index (χ2v) is 9.73. The highest BCUT2D eigenvalue weighted by Crippen LogP contribution is 2.26. The van der Waals surface area contributed by atoms with Crippen LogP contribution >= 0.6 is 0 Å². The van der Waals surface area contributed by atoms with Gasteiger partial charge in [0, 0.05) is 57.3 Å². The first kappa shape index (κ1) is 26.4. The predicted molar refractivity (Wildman–Crippen MR) is 150 cm³/mol. The van der Waals surface area contributed by atoms with E-state index in [-0.39, 0.29) is 11.7 Å². The number of piperazine rings is 1. The molecule has 39 heavy (non-hydrogen) atoms. The molecule has 0 bridgehead atoms. The van der Waals surface area contributed by atoms with Crippen molar-refractivity contribution >= 4 is 11.7 Å². The van der Waals surface area contributed by atoms with E-state index in [0.717, 1.165) is 60.4 Å². The van der Waals surface area contributed by atoms with Crippen LogP contribution in [0.1, 0.15) is 17.7 Å². The largest absolute Gasteiger partial charge is 0.497 e. The maximum absolute atomic E-state index is 14.0. The Morgan fingerprint density at radius 3 is 2.56 bits per heavy atom. The standard InChI is InChI=1S/C30H33FN6O2/c1-35-14-16-36(17-15-35)29-18-22(12-13-32-29)21-33-30(38)11-6-25-20-28(23-4-3-5-24(31)19-23)37(34-25)26-7-9-27(39-2)10-8-26/h3-5,7-10,12-13,18-20H,6,11,14-17,21H2,1-2H3,(H,33,38). The molecule has 0 unspecified atom stereocenters. The number of hydrogen-bond acceptors (Lipinski definition) is 6. The Balaban J connectivity index is 1.24. The van der Waals surface area contributed by atoms with Gasteiger partial charge in [0.15, 0.2) is 0 Å². The van der Waals surface area contributed by atoms with Crippen LogP contribution in [0, 0.1) is 5.82 Å². The molecule has 2 aromatic heterocycles. The molecule has 0 radical (unpaired) electrons. The van der Waals surface area contributed by atoms with Crippen molar-refractivity contribution in [3.8, 4) is 22.7 Å². The topological polar surface area (TPSA) is 75.5 Å². The molecule has 5 rings (SSSR count). The first-order valence-corrected chi connectivity index (χ1v) is 13.1. The van der Waals surface area contributed by atoms with E-state index in [4.69, 9.17) is 9.84 Å². The molecule has 1 N–H and O–H groups in total. The van der Waals surface area contributed by atoms with Crippen LogP contribution in [-0.4, -0.2) is 65.9 Å². The van der Waals surface area contributed by atoms with E-state index >= 15 is 0 Å². The minimum atomic E-state index is -0.317. The maximum Gasteiger partial charge on any atom is 0.220 e. The summed E-state index contributed by atoms with van der Waals surface area (Å²) in [4.78, 5) is 21.8. The van der Waals surface area contributed by atoms with Gasteiger partial charge in [-0.1, -0.05) is 12.1 Å². The van der Waals surface area contributed by atoms with Gasteiger partial charge in [-0.2, -0.15) is 5.10 Å². The monoisotopic (exact) mass is 528 g/mol. The first-order valence-electron chi connectivity index (χ1n) is 13.1. The molecule has 1 aliphatic rings. The molecule has 2 aromatic carbocycles. The van der Waals surface area contributed by atoms with Crippen LogP contribution in [0.25, 0.3) is 16.9 Å². The van der Waals surface area contributed by atoms with Crippen LogP contribution in [0.2, 0.25) is 0 Å². The van der Waals surface area contributed by atoms with Gasteiger partial charge in [0.05, 0.1) is 24.2 Å². The average molecular weight is 529 g/mol. The summed E-state index contributed by atoms with van der Waals surface area (Å²) in [5.41, 5.74) is 4.05. The predicted octanol–water partition coefficient (Wildman–Crippen LogP) is 4.08. The van der Waals surface area contributed by atoms with Crippen molar-refractivity contribution < 1.29 is 13.9 Å². The van der Waals surface area contributed by atoms with E-state index in [1.165, 1.54) is 12.1 Å². The van der Waals surface area contributed by atoms with E-state index in [2.05, 4.69) is 27.1 Å². The summed E-state index contributed by atoms with van der Waals surface area (Å²) in [5.74, 6) is 1.31. The van der Waals surface area contributed by atoms with Gasteiger partial charge in [0.2, 0.25) is 5.91 Å². The van der Waals surface area contributed by atoms with Crippen LogP contribution < -0.4 is 15.0 Å². The number of nitrogens with zero attached hydrogens (tertiary/aromatic N) is 5. The third kappa shape index (κ3) is 6.61. The number of anilines is 1. The Bertz CT molecular complexity index is 1410. The summed E-state index contributed by atoms with van der Waals surface area (Å²) < 4.78 is 21.1. The molecule has 0 spiro atoms. The summed E-state index contributed by atoms with van der Waals surface area (Å²) >= 11 is 0. The lowest BCUT2D eigenvalue weighted by Gasteiger charge is -2.33. The van der Waals surface area contributed by atoms with Crippen LogP contribution in [0.3, 0.4) is 0 Å². The Labute approximate surface area is 228 Å². The molecule has 1 amide bonds. The summed E-state index contributed by atoms with van der Waals surface area (Å²) in [6.45, 7) is 4.35. The summed E-state index contributed by atoms with van der Waals surface area (Å²) in [6.07, 6.45) is 2.55. The number of halogens is 1. The number of carbonyl (C=O) groups excluding carboxylic acids is 1. The number of likely N-dealkylation sites (N-methyl/N-ethyl adjacent to an activating group) is 1. The molecule has 4 aromatic rings. The van der Waals surface area contributed by atoms with Crippen molar-refractivity contribution in [2.45, 2.75) is 19.4 Å². The van der Waals surface area contributed by atoms with Gasteiger partial charge >= 0.3 is 0 Å². The van der Waals surface area contributed by atoms with Gasteiger partial charge in [-0.15, -0.1) is 0 Å². The zero-order valence-corrected chi connectivity index (χ0v) is 22.3. The molecule has 8 nitrogen and oxygen atoms in total. The third-order valence-corrected chi connectivity index (χ3v) is 6.93. The fourth-order valence-electron chi connectivity index (χ4n) is 4.64. The van der Waals surface area contributed by atoms with Crippen LogP contribution in [-0.2, 0) is 17.8 Å². The second-order valence-electron chi connectivity index (χ2n) is 9.73. The minimum absolute atomic E-state index is 0.0562. The van der Waals surface area contributed by atoms with E-state index in [1.54, 1.807) is 24.1 Å². The lowest BCUT2D eigenvalue weighted by molar-refractivity contribution is -0.121. The van der Waals surface area contributed by atoms with Crippen molar-refractivity contribution in [1.82, 2.24) is 25.0 Å². The highest BCUT2D eigenvalue weighted by molar-refractivity contribution is 5.76. The molecule has 202 valence electrons. The number of rotatable bonds is 9. The number of carbonyl (C=O) groups is 1. The Kier molecular flexibility index (Phi) is 8.17. The fraction of sp³-hybridized carbons (Fsp3) is 0.300. The molecule has 1 fully saturated rings. The molecular formula is C30H33FN6O2. The Morgan fingerprint density at radius 2 is 1.82 bits per heavy atom. The first-order chi connectivity index (χ1) is 19.0. The molecule has 1 aliphatic heterocycles. The van der Waals surface area contributed by atoms with Gasteiger partial charge < -0.3 is 19.9 Å². The highest BCUT2D eigenvalue weighted by Gasteiger charge is 2.16. The number of methoxy groups -OCH3 is 1. The molecule has 0 saturated carbocycles. The number of nitrogens with one attached hydrogen (secondary N) is 1. The zero-order valence-electron chi connectivity index (χ0n) is 22.3. The lowest BCUT2D eigenvalue weighted by atomic mass is 10.1. The van der Waals surface area contributed by atoms with Crippen LogP contribution in [0.5, 0.6) is 5.75 Å². The highest BCUT2D eigenvalue weighted by atomic mass is 19.1. The van der Waals surface area contributed by atoms with E-state index in [1.807, 2.05) is 48.5 Å². The number of benzene rings is 2. The minimum Gasteiger partial charge on any atom is -0.497 e. The molecule has 3 heterocycles. The van der Waals surface area contributed by atoms with Gasteiger partial charge in [-0.3, -0.25) is 4.79 Å². The number of ether oxygens (including phenoxy) is 1. The average Bonchev–Trinajstić information content (AvgIpc) is 3.40. The quantitative estimate of drug-likeness (QED) is 0.353. The zero-order chi connectivity index (χ0) is 27.2. The Hall–Kier alpha value is -4.24. The van der Waals surface area contributed by atoms with Gasteiger partial charge in [-0.25, -0.2) is 14.1 Å². The van der Waals surface area contributed by atoms with Crippen LogP contribution in [0.15, 0.2) is 72.9 Å².